The zero-order chi connectivity index (χ0) is 20.4. The quantitative estimate of drug-likeness (QED) is 0.534. The lowest BCUT2D eigenvalue weighted by molar-refractivity contribution is 0.0949. The molecule has 29 heavy (non-hydrogen) atoms. The van der Waals surface area contributed by atoms with Gasteiger partial charge in [0.25, 0.3) is 11.5 Å². The number of aromatic amines is 1. The van der Waals surface area contributed by atoms with Gasteiger partial charge in [0, 0.05) is 24.6 Å². The van der Waals surface area contributed by atoms with E-state index in [4.69, 9.17) is 4.52 Å². The minimum absolute atomic E-state index is 0.117. The van der Waals surface area contributed by atoms with Crippen molar-refractivity contribution < 1.29 is 18.1 Å². The number of H-pyrrole nitrogens is 1. The maximum Gasteiger partial charge on any atom is 0.258 e. The Morgan fingerprint density at radius 1 is 1.17 bits per heavy atom. The van der Waals surface area contributed by atoms with E-state index in [2.05, 4.69) is 25.4 Å². The average Bonchev–Trinajstić information content (AvgIpc) is 3.17. The number of amides is 1. The molecule has 0 unspecified atom stereocenters. The van der Waals surface area contributed by atoms with E-state index in [1.807, 2.05) is 0 Å². The summed E-state index contributed by atoms with van der Waals surface area (Å²) >= 11 is 0. The highest BCUT2D eigenvalue weighted by molar-refractivity contribution is 5.94. The predicted molar refractivity (Wildman–Crippen MR) is 98.1 cm³/mol. The van der Waals surface area contributed by atoms with Gasteiger partial charge in [-0.3, -0.25) is 9.59 Å². The Labute approximate surface area is 161 Å². The molecule has 1 amide bonds. The van der Waals surface area contributed by atoms with Crippen LogP contribution < -0.4 is 10.9 Å². The van der Waals surface area contributed by atoms with Crippen LogP contribution in [0, 0.1) is 11.6 Å². The van der Waals surface area contributed by atoms with Gasteiger partial charge >= 0.3 is 0 Å². The summed E-state index contributed by atoms with van der Waals surface area (Å²) < 4.78 is 31.7. The Hall–Kier alpha value is -3.95. The van der Waals surface area contributed by atoms with E-state index in [0.29, 0.717) is 28.4 Å². The maximum absolute atomic E-state index is 13.6. The van der Waals surface area contributed by atoms with Crippen molar-refractivity contribution >= 4 is 16.8 Å². The Bertz CT molecular complexity index is 1270. The second-order valence-electron chi connectivity index (χ2n) is 6.11. The number of halogens is 2. The van der Waals surface area contributed by atoms with E-state index < -0.39 is 17.5 Å². The fraction of sp³-hybridized carbons (Fsp3) is 0.105. The SMILES string of the molecule is O=C(NCCc1nc(-c2ccc3c(=O)[nH]cnc3c2)no1)c1ccc(F)cc1F. The van der Waals surface area contributed by atoms with Gasteiger partial charge in [0.15, 0.2) is 0 Å². The Morgan fingerprint density at radius 2 is 2.03 bits per heavy atom. The molecule has 0 saturated carbocycles. The number of hydrogen-bond acceptors (Lipinski definition) is 6. The van der Waals surface area contributed by atoms with Crippen LogP contribution in [0.5, 0.6) is 0 Å². The maximum atomic E-state index is 13.6. The molecule has 2 heterocycles. The van der Waals surface area contributed by atoms with Crippen LogP contribution in [0.1, 0.15) is 16.2 Å². The van der Waals surface area contributed by atoms with Crippen molar-refractivity contribution in [1.29, 1.82) is 0 Å². The summed E-state index contributed by atoms with van der Waals surface area (Å²) in [6, 6.07) is 7.68. The topological polar surface area (TPSA) is 114 Å². The van der Waals surface area contributed by atoms with E-state index in [-0.39, 0.29) is 30.0 Å². The third-order valence-electron chi connectivity index (χ3n) is 4.17. The van der Waals surface area contributed by atoms with Crippen LogP contribution in [0.15, 0.2) is 52.0 Å². The van der Waals surface area contributed by atoms with Gasteiger partial charge in [-0.15, -0.1) is 0 Å². The van der Waals surface area contributed by atoms with Crippen LogP contribution in [0.4, 0.5) is 8.78 Å². The van der Waals surface area contributed by atoms with Crippen molar-refractivity contribution in [2.45, 2.75) is 6.42 Å². The second-order valence-corrected chi connectivity index (χ2v) is 6.11. The lowest BCUT2D eigenvalue weighted by Crippen LogP contribution is -2.26. The number of carbonyl (C=O) groups excluding carboxylic acids is 1. The molecule has 0 radical (unpaired) electrons. The van der Waals surface area contributed by atoms with Crippen molar-refractivity contribution in [2.24, 2.45) is 0 Å². The molecule has 0 bridgehead atoms. The smallest absolute Gasteiger partial charge is 0.258 e. The summed E-state index contributed by atoms with van der Waals surface area (Å²) in [4.78, 5) is 34.5. The van der Waals surface area contributed by atoms with Crippen LogP contribution in [0.3, 0.4) is 0 Å². The van der Waals surface area contributed by atoms with Crippen LogP contribution in [0.25, 0.3) is 22.3 Å². The molecule has 4 rings (SSSR count). The van der Waals surface area contributed by atoms with Crippen molar-refractivity contribution in [3.63, 3.8) is 0 Å². The third-order valence-corrected chi connectivity index (χ3v) is 4.17. The number of aromatic nitrogens is 4. The molecule has 0 spiro atoms. The first-order valence-corrected chi connectivity index (χ1v) is 8.55. The molecule has 0 saturated heterocycles. The highest BCUT2D eigenvalue weighted by atomic mass is 19.1. The average molecular weight is 397 g/mol. The summed E-state index contributed by atoms with van der Waals surface area (Å²) in [7, 11) is 0. The summed E-state index contributed by atoms with van der Waals surface area (Å²) in [5.74, 6) is -1.80. The molecule has 2 N–H and O–H groups in total. The molecular formula is C19H13F2N5O3. The summed E-state index contributed by atoms with van der Waals surface area (Å²) in [5, 5.41) is 6.83. The summed E-state index contributed by atoms with van der Waals surface area (Å²) in [5.41, 5.74) is 0.606. The lowest BCUT2D eigenvalue weighted by atomic mass is 10.1. The van der Waals surface area contributed by atoms with Crippen LogP contribution in [-0.4, -0.2) is 32.6 Å². The molecule has 8 nitrogen and oxygen atoms in total. The number of hydrogen-bond donors (Lipinski definition) is 2. The molecule has 146 valence electrons. The highest BCUT2D eigenvalue weighted by Crippen LogP contribution is 2.19. The minimum atomic E-state index is -0.939. The van der Waals surface area contributed by atoms with E-state index in [1.54, 1.807) is 18.2 Å². The fourth-order valence-electron chi connectivity index (χ4n) is 2.73. The normalized spacial score (nSPS) is 11.0. The minimum Gasteiger partial charge on any atom is -0.351 e. The third kappa shape index (κ3) is 3.86. The van der Waals surface area contributed by atoms with E-state index in [9.17, 15) is 18.4 Å². The number of carbonyl (C=O) groups is 1. The molecule has 4 aromatic rings. The molecule has 0 aliphatic rings. The van der Waals surface area contributed by atoms with Crippen molar-refractivity contribution in [1.82, 2.24) is 25.4 Å². The number of rotatable bonds is 5. The van der Waals surface area contributed by atoms with Crippen LogP contribution in [-0.2, 0) is 6.42 Å². The molecule has 0 aliphatic carbocycles. The van der Waals surface area contributed by atoms with Crippen LogP contribution in [0.2, 0.25) is 0 Å². The molecule has 0 fully saturated rings. The van der Waals surface area contributed by atoms with Gasteiger partial charge < -0.3 is 14.8 Å². The Kier molecular flexibility index (Phi) is 4.82. The van der Waals surface area contributed by atoms with Gasteiger partial charge in [0.2, 0.25) is 11.7 Å². The number of benzene rings is 2. The van der Waals surface area contributed by atoms with Crippen molar-refractivity contribution in [2.75, 3.05) is 6.54 Å². The molecule has 2 aromatic heterocycles. The first kappa shape index (κ1) is 18.4. The zero-order valence-electron chi connectivity index (χ0n) is 14.8. The molecule has 0 atom stereocenters. The van der Waals surface area contributed by atoms with Crippen molar-refractivity contribution in [3.05, 3.63) is 76.2 Å². The number of nitrogens with one attached hydrogen (secondary N) is 2. The summed E-state index contributed by atoms with van der Waals surface area (Å²) in [6.07, 6.45) is 1.52. The van der Waals surface area contributed by atoms with Gasteiger partial charge in [-0.05, 0) is 24.3 Å². The monoisotopic (exact) mass is 397 g/mol. The predicted octanol–water partition coefficient (Wildman–Crippen LogP) is 2.22. The molecule has 2 aromatic carbocycles. The van der Waals surface area contributed by atoms with E-state index >= 15 is 0 Å². The largest absolute Gasteiger partial charge is 0.351 e. The second kappa shape index (κ2) is 7.58. The fourth-order valence-corrected chi connectivity index (χ4v) is 2.73. The summed E-state index contributed by atoms with van der Waals surface area (Å²) in [6.45, 7) is 0.117. The molecule has 10 heteroatoms. The van der Waals surface area contributed by atoms with Gasteiger partial charge in [-0.1, -0.05) is 11.2 Å². The zero-order valence-corrected chi connectivity index (χ0v) is 14.8. The first-order valence-electron chi connectivity index (χ1n) is 8.55. The number of fused-ring (bicyclic) bond motifs is 1. The van der Waals surface area contributed by atoms with Crippen LogP contribution >= 0.6 is 0 Å². The first-order chi connectivity index (χ1) is 14.0. The van der Waals surface area contributed by atoms with Gasteiger partial charge in [-0.25, -0.2) is 13.8 Å². The van der Waals surface area contributed by atoms with Gasteiger partial charge in [-0.2, -0.15) is 4.98 Å². The van der Waals surface area contributed by atoms with E-state index in [0.717, 1.165) is 12.1 Å². The standard InChI is InChI=1S/C19H13F2N5O3/c20-11-2-4-12(14(21)8-11)18(27)22-6-5-16-25-17(26-29-16)10-1-3-13-15(7-10)23-9-24-19(13)28/h1-4,7-9H,5-6H2,(H,22,27)(H,23,24,28). The lowest BCUT2D eigenvalue weighted by Gasteiger charge is -2.04. The number of nitrogens with zero attached hydrogens (tertiary/aromatic N) is 3. The highest BCUT2D eigenvalue weighted by Gasteiger charge is 2.14. The van der Waals surface area contributed by atoms with Crippen molar-refractivity contribution in [3.8, 4) is 11.4 Å². The van der Waals surface area contributed by atoms with Gasteiger partial charge in [0.1, 0.15) is 11.6 Å². The molecule has 0 aliphatic heterocycles. The molecular weight excluding hydrogens is 384 g/mol. The Morgan fingerprint density at radius 3 is 2.86 bits per heavy atom. The van der Waals surface area contributed by atoms with Gasteiger partial charge in [0.05, 0.1) is 22.8 Å². The van der Waals surface area contributed by atoms with E-state index in [1.165, 1.54) is 6.33 Å². The Balaban J connectivity index is 1.42.